The zero-order chi connectivity index (χ0) is 27.7. The number of amides is 2. The lowest BCUT2D eigenvalue weighted by atomic mass is 9.78. The highest BCUT2D eigenvalue weighted by Crippen LogP contribution is 2.41. The van der Waals surface area contributed by atoms with Gasteiger partial charge in [0, 0.05) is 74.5 Å². The lowest BCUT2D eigenvalue weighted by Crippen LogP contribution is -2.63. The second-order valence-corrected chi connectivity index (χ2v) is 13.2. The number of unbranched alkanes of at least 4 members (excludes halogenated alkanes) is 1. The summed E-state index contributed by atoms with van der Waals surface area (Å²) in [5.41, 5.74) is -1.59. The van der Waals surface area contributed by atoms with Crippen molar-refractivity contribution in [3.63, 3.8) is 0 Å². The fourth-order valence-electron chi connectivity index (χ4n) is 7.28. The Morgan fingerprint density at radius 1 is 0.583 bits per heavy atom. The first kappa shape index (κ1) is 30.1. The topological polar surface area (TPSA) is 93.2 Å². The number of hydrogen-bond donors (Lipinski definition) is 0. The standard InChI is InChI=1S/C28H48N2O6/c1-19(31)29-25(3,4)15-21(16-26(29,5)6)35-23(33)13-11-12-14-24(34)36-22-17-27(7,8)30(20(2)32)28(9,10)18-22/h21-22H,11-18H2,1-10H3. The molecule has 0 saturated carbocycles. The fourth-order valence-corrected chi connectivity index (χ4v) is 7.28. The SMILES string of the molecule is CC(=O)N1C(C)(C)CC(OC(=O)CCCCC(=O)OC2CC(C)(C)N(C(C)=O)C(C)(C)C2)CC1(C)C. The van der Waals surface area contributed by atoms with Crippen LogP contribution >= 0.6 is 0 Å². The van der Waals surface area contributed by atoms with Crippen LogP contribution in [0.1, 0.15) is 121 Å². The summed E-state index contributed by atoms with van der Waals surface area (Å²) in [7, 11) is 0. The van der Waals surface area contributed by atoms with Crippen molar-refractivity contribution in [2.75, 3.05) is 0 Å². The van der Waals surface area contributed by atoms with Gasteiger partial charge in [-0.1, -0.05) is 0 Å². The summed E-state index contributed by atoms with van der Waals surface area (Å²) < 4.78 is 11.5. The Kier molecular flexibility index (Phi) is 8.95. The summed E-state index contributed by atoms with van der Waals surface area (Å²) >= 11 is 0. The van der Waals surface area contributed by atoms with E-state index in [1.165, 1.54) is 0 Å². The molecule has 8 heteroatoms. The summed E-state index contributed by atoms with van der Waals surface area (Å²) in [5, 5.41) is 0. The minimum Gasteiger partial charge on any atom is -0.462 e. The van der Waals surface area contributed by atoms with E-state index in [0.29, 0.717) is 38.5 Å². The van der Waals surface area contributed by atoms with Gasteiger partial charge in [-0.2, -0.15) is 0 Å². The number of ether oxygens (including phenoxy) is 2. The van der Waals surface area contributed by atoms with Crippen LogP contribution in [0, 0.1) is 0 Å². The number of nitrogens with zero attached hydrogens (tertiary/aromatic N) is 2. The minimum absolute atomic E-state index is 0.0261. The van der Waals surface area contributed by atoms with Gasteiger partial charge in [-0.25, -0.2) is 0 Å². The van der Waals surface area contributed by atoms with E-state index in [4.69, 9.17) is 9.47 Å². The van der Waals surface area contributed by atoms with Gasteiger partial charge >= 0.3 is 11.9 Å². The van der Waals surface area contributed by atoms with E-state index in [9.17, 15) is 19.2 Å². The maximum atomic E-state index is 12.5. The Morgan fingerprint density at radius 2 is 0.833 bits per heavy atom. The predicted molar refractivity (Wildman–Crippen MR) is 138 cm³/mol. The Balaban J connectivity index is 1.78. The van der Waals surface area contributed by atoms with Gasteiger partial charge in [0.15, 0.2) is 0 Å². The van der Waals surface area contributed by atoms with Gasteiger partial charge in [0.25, 0.3) is 0 Å². The average molecular weight is 509 g/mol. The van der Waals surface area contributed by atoms with Gasteiger partial charge in [-0.15, -0.1) is 0 Å². The molecule has 2 saturated heterocycles. The molecule has 0 aromatic heterocycles. The largest absolute Gasteiger partial charge is 0.462 e. The van der Waals surface area contributed by atoms with Crippen LogP contribution in [0.15, 0.2) is 0 Å². The highest BCUT2D eigenvalue weighted by atomic mass is 16.5. The lowest BCUT2D eigenvalue weighted by Gasteiger charge is -2.54. The summed E-state index contributed by atoms with van der Waals surface area (Å²) in [5.74, 6) is -0.482. The third kappa shape index (κ3) is 7.22. The van der Waals surface area contributed by atoms with Crippen LogP contribution in [0.25, 0.3) is 0 Å². The third-order valence-electron chi connectivity index (χ3n) is 7.57. The summed E-state index contributed by atoms with van der Waals surface area (Å²) in [6.45, 7) is 19.2. The molecule has 0 aromatic rings. The molecule has 0 atom stereocenters. The minimum atomic E-state index is -0.397. The molecule has 0 N–H and O–H groups in total. The van der Waals surface area contributed by atoms with Crippen LogP contribution in [0.2, 0.25) is 0 Å². The first-order valence-corrected chi connectivity index (χ1v) is 13.3. The van der Waals surface area contributed by atoms with Crippen molar-refractivity contribution in [1.29, 1.82) is 0 Å². The van der Waals surface area contributed by atoms with Crippen LogP contribution in [-0.2, 0) is 28.7 Å². The average Bonchev–Trinajstić information content (AvgIpc) is 2.59. The zero-order valence-corrected chi connectivity index (χ0v) is 24.2. The molecule has 36 heavy (non-hydrogen) atoms. The Hall–Kier alpha value is -2.12. The molecule has 0 aromatic carbocycles. The van der Waals surface area contributed by atoms with Crippen molar-refractivity contribution in [2.45, 2.75) is 155 Å². The van der Waals surface area contributed by atoms with Crippen LogP contribution in [0.4, 0.5) is 0 Å². The van der Waals surface area contributed by atoms with E-state index in [-0.39, 0.29) is 48.8 Å². The number of carbonyl (C=O) groups excluding carboxylic acids is 4. The molecule has 0 bridgehead atoms. The number of esters is 2. The molecule has 0 unspecified atom stereocenters. The number of carbonyl (C=O) groups is 4. The van der Waals surface area contributed by atoms with Crippen molar-refractivity contribution in [3.8, 4) is 0 Å². The number of rotatable bonds is 7. The third-order valence-corrected chi connectivity index (χ3v) is 7.57. The summed E-state index contributed by atoms with van der Waals surface area (Å²) in [6.07, 6.45) is 3.51. The normalized spacial score (nSPS) is 23.2. The monoisotopic (exact) mass is 508 g/mol. The number of likely N-dealkylation sites (tertiary alicyclic amines) is 2. The molecule has 0 aliphatic carbocycles. The van der Waals surface area contributed by atoms with Gasteiger partial charge in [0.1, 0.15) is 12.2 Å². The van der Waals surface area contributed by atoms with E-state index in [1.807, 2.05) is 65.2 Å². The van der Waals surface area contributed by atoms with Crippen molar-refractivity contribution in [3.05, 3.63) is 0 Å². The van der Waals surface area contributed by atoms with E-state index in [1.54, 1.807) is 13.8 Å². The van der Waals surface area contributed by atoms with Crippen LogP contribution in [0.5, 0.6) is 0 Å². The predicted octanol–water partition coefficient (Wildman–Crippen LogP) is 4.77. The Morgan fingerprint density at radius 3 is 1.06 bits per heavy atom. The van der Waals surface area contributed by atoms with E-state index in [0.717, 1.165) is 0 Å². The van der Waals surface area contributed by atoms with Crippen molar-refractivity contribution in [2.24, 2.45) is 0 Å². The van der Waals surface area contributed by atoms with Crippen LogP contribution < -0.4 is 0 Å². The fraction of sp³-hybridized carbons (Fsp3) is 0.857. The molecule has 2 fully saturated rings. The molecule has 2 rings (SSSR count). The highest BCUT2D eigenvalue weighted by Gasteiger charge is 2.49. The Bertz CT molecular complexity index is 754. The Labute approximate surface area is 217 Å². The molecular formula is C28H48N2O6. The van der Waals surface area contributed by atoms with Gasteiger partial charge in [-0.05, 0) is 68.2 Å². The maximum absolute atomic E-state index is 12.5. The van der Waals surface area contributed by atoms with E-state index in [2.05, 4.69) is 0 Å². The van der Waals surface area contributed by atoms with Gasteiger partial charge in [0.2, 0.25) is 11.8 Å². The molecule has 2 aliphatic rings. The van der Waals surface area contributed by atoms with Gasteiger partial charge < -0.3 is 19.3 Å². The van der Waals surface area contributed by atoms with Crippen molar-refractivity contribution >= 4 is 23.8 Å². The smallest absolute Gasteiger partial charge is 0.306 e. The molecule has 2 heterocycles. The molecule has 0 radical (unpaired) electrons. The quantitative estimate of drug-likeness (QED) is 0.363. The molecule has 2 amide bonds. The van der Waals surface area contributed by atoms with E-state index < -0.39 is 22.2 Å². The first-order valence-electron chi connectivity index (χ1n) is 13.3. The molecule has 206 valence electrons. The summed E-state index contributed by atoms with van der Waals surface area (Å²) in [4.78, 5) is 53.1. The van der Waals surface area contributed by atoms with Crippen molar-refractivity contribution < 1.29 is 28.7 Å². The second-order valence-electron chi connectivity index (χ2n) is 13.2. The van der Waals surface area contributed by atoms with E-state index >= 15 is 0 Å². The number of piperidine rings is 2. The lowest BCUT2D eigenvalue weighted by molar-refractivity contribution is -0.169. The van der Waals surface area contributed by atoms with Crippen molar-refractivity contribution in [1.82, 2.24) is 9.80 Å². The molecule has 2 aliphatic heterocycles. The second kappa shape index (κ2) is 10.7. The highest BCUT2D eigenvalue weighted by molar-refractivity contribution is 5.76. The molecule has 0 spiro atoms. The van der Waals surface area contributed by atoms with Crippen LogP contribution in [-0.4, -0.2) is 67.9 Å². The first-order chi connectivity index (χ1) is 16.3. The zero-order valence-electron chi connectivity index (χ0n) is 24.2. The number of hydrogen-bond acceptors (Lipinski definition) is 6. The molecule has 8 nitrogen and oxygen atoms in total. The summed E-state index contributed by atoms with van der Waals surface area (Å²) in [6, 6.07) is 0. The maximum Gasteiger partial charge on any atom is 0.306 e. The van der Waals surface area contributed by atoms with Gasteiger partial charge in [-0.3, -0.25) is 19.2 Å². The van der Waals surface area contributed by atoms with Crippen LogP contribution in [0.3, 0.4) is 0 Å². The molecular weight excluding hydrogens is 460 g/mol. The van der Waals surface area contributed by atoms with Gasteiger partial charge in [0.05, 0.1) is 0 Å².